The molecular weight excluding hydrogens is 240 g/mol. The standard InChI is InChI=1S/C15H24N2O2/c1-2-19-15(18)17-7-5-16(6-8-17)11-14-10-12-3-4-13(14)9-12/h3-4,12-14H,2,5-11H2,1H3/t12-,13+,14-/m0/s1. The molecule has 3 atom stereocenters. The van der Waals surface area contributed by atoms with Gasteiger partial charge in [-0.2, -0.15) is 0 Å². The van der Waals surface area contributed by atoms with Gasteiger partial charge in [0.1, 0.15) is 0 Å². The molecule has 0 radical (unpaired) electrons. The SMILES string of the molecule is CCOC(=O)N1CCN(C[C@@H]2C[C@H]3C=C[C@@H]2C3)CC1. The molecule has 1 saturated carbocycles. The molecule has 1 amide bonds. The van der Waals surface area contributed by atoms with Crippen LogP contribution in [0.3, 0.4) is 0 Å². The van der Waals surface area contributed by atoms with E-state index < -0.39 is 0 Å². The van der Waals surface area contributed by atoms with E-state index >= 15 is 0 Å². The van der Waals surface area contributed by atoms with Crippen molar-refractivity contribution in [1.29, 1.82) is 0 Å². The summed E-state index contributed by atoms with van der Waals surface area (Å²) in [6.07, 6.45) is 7.44. The van der Waals surface area contributed by atoms with Crippen molar-refractivity contribution in [3.63, 3.8) is 0 Å². The lowest BCUT2D eigenvalue weighted by Crippen LogP contribution is -2.50. The molecule has 2 fully saturated rings. The van der Waals surface area contributed by atoms with Gasteiger partial charge >= 0.3 is 6.09 Å². The minimum Gasteiger partial charge on any atom is -0.450 e. The Labute approximate surface area is 115 Å². The second-order valence-electron chi connectivity index (χ2n) is 6.03. The third kappa shape index (κ3) is 2.78. The molecular formula is C15H24N2O2. The zero-order chi connectivity index (χ0) is 13.2. The zero-order valence-electron chi connectivity index (χ0n) is 11.8. The van der Waals surface area contributed by atoms with E-state index in [2.05, 4.69) is 17.1 Å². The minimum absolute atomic E-state index is 0.148. The Hall–Kier alpha value is -1.03. The average Bonchev–Trinajstić information content (AvgIpc) is 3.02. The number of hydrogen-bond acceptors (Lipinski definition) is 3. The highest BCUT2D eigenvalue weighted by Gasteiger charge is 2.36. The number of rotatable bonds is 3. The number of amides is 1. The molecule has 1 saturated heterocycles. The average molecular weight is 264 g/mol. The van der Waals surface area contributed by atoms with E-state index in [-0.39, 0.29) is 6.09 Å². The molecule has 0 aromatic heterocycles. The molecule has 19 heavy (non-hydrogen) atoms. The summed E-state index contributed by atoms with van der Waals surface area (Å²) in [4.78, 5) is 16.0. The monoisotopic (exact) mass is 264 g/mol. The Bertz CT molecular complexity index is 361. The predicted octanol–water partition coefficient (Wildman–Crippen LogP) is 1.97. The molecule has 4 nitrogen and oxygen atoms in total. The van der Waals surface area contributed by atoms with Gasteiger partial charge in [-0.25, -0.2) is 4.79 Å². The van der Waals surface area contributed by atoms with Gasteiger partial charge in [0.25, 0.3) is 0 Å². The van der Waals surface area contributed by atoms with Crippen LogP contribution in [0.5, 0.6) is 0 Å². The van der Waals surface area contributed by atoms with Crippen molar-refractivity contribution in [3.8, 4) is 0 Å². The number of piperazine rings is 1. The molecule has 2 bridgehead atoms. The third-order valence-electron chi connectivity index (χ3n) is 4.81. The predicted molar refractivity (Wildman–Crippen MR) is 73.9 cm³/mol. The number of carbonyl (C=O) groups excluding carboxylic acids is 1. The quantitative estimate of drug-likeness (QED) is 0.731. The summed E-state index contributed by atoms with van der Waals surface area (Å²) in [7, 11) is 0. The van der Waals surface area contributed by atoms with Crippen LogP contribution >= 0.6 is 0 Å². The lowest BCUT2D eigenvalue weighted by atomic mass is 9.93. The number of fused-ring (bicyclic) bond motifs is 2. The smallest absolute Gasteiger partial charge is 0.409 e. The summed E-state index contributed by atoms with van der Waals surface area (Å²) < 4.78 is 5.05. The van der Waals surface area contributed by atoms with E-state index in [1.54, 1.807) is 0 Å². The van der Waals surface area contributed by atoms with Crippen LogP contribution in [0.25, 0.3) is 0 Å². The first-order chi connectivity index (χ1) is 9.26. The van der Waals surface area contributed by atoms with Crippen LogP contribution in [0.1, 0.15) is 19.8 Å². The first-order valence-electron chi connectivity index (χ1n) is 7.58. The number of carbonyl (C=O) groups is 1. The van der Waals surface area contributed by atoms with Gasteiger partial charge in [0.2, 0.25) is 0 Å². The fourth-order valence-electron chi connectivity index (χ4n) is 3.76. The fourth-order valence-corrected chi connectivity index (χ4v) is 3.76. The maximum atomic E-state index is 11.6. The van der Waals surface area contributed by atoms with Crippen LogP contribution in [0, 0.1) is 17.8 Å². The van der Waals surface area contributed by atoms with Crippen molar-refractivity contribution in [2.75, 3.05) is 39.3 Å². The highest BCUT2D eigenvalue weighted by atomic mass is 16.6. The normalized spacial score (nSPS) is 33.9. The molecule has 3 aliphatic rings. The highest BCUT2D eigenvalue weighted by Crippen LogP contribution is 2.43. The van der Waals surface area contributed by atoms with E-state index in [1.807, 2.05) is 11.8 Å². The molecule has 3 rings (SSSR count). The molecule has 0 aromatic rings. The topological polar surface area (TPSA) is 32.8 Å². The highest BCUT2D eigenvalue weighted by molar-refractivity contribution is 5.67. The van der Waals surface area contributed by atoms with Gasteiger partial charge in [-0.3, -0.25) is 4.90 Å². The van der Waals surface area contributed by atoms with Crippen LogP contribution in [0.15, 0.2) is 12.2 Å². The number of hydrogen-bond donors (Lipinski definition) is 0. The van der Waals surface area contributed by atoms with Crippen LogP contribution in [0.2, 0.25) is 0 Å². The van der Waals surface area contributed by atoms with Crippen LogP contribution in [-0.4, -0.2) is 55.2 Å². The van der Waals surface area contributed by atoms with Gasteiger partial charge in [0.05, 0.1) is 6.61 Å². The molecule has 1 heterocycles. The molecule has 0 aromatic carbocycles. The van der Waals surface area contributed by atoms with Crippen LogP contribution in [0.4, 0.5) is 4.79 Å². The molecule has 1 aliphatic heterocycles. The molecule has 4 heteroatoms. The zero-order valence-corrected chi connectivity index (χ0v) is 11.8. The summed E-state index contributed by atoms with van der Waals surface area (Å²) in [6.45, 7) is 7.16. The van der Waals surface area contributed by atoms with E-state index in [1.165, 1.54) is 19.4 Å². The Morgan fingerprint density at radius 3 is 2.58 bits per heavy atom. The third-order valence-corrected chi connectivity index (χ3v) is 4.81. The molecule has 0 N–H and O–H groups in total. The van der Waals surface area contributed by atoms with Crippen LogP contribution < -0.4 is 0 Å². The van der Waals surface area contributed by atoms with Crippen molar-refractivity contribution in [2.24, 2.45) is 17.8 Å². The second-order valence-corrected chi connectivity index (χ2v) is 6.03. The van der Waals surface area contributed by atoms with Gasteiger partial charge in [-0.05, 0) is 37.5 Å². The summed E-state index contributed by atoms with van der Waals surface area (Å²) in [6, 6.07) is 0. The molecule has 0 unspecified atom stereocenters. The molecule has 0 spiro atoms. The van der Waals surface area contributed by atoms with Gasteiger partial charge in [-0.1, -0.05) is 12.2 Å². The van der Waals surface area contributed by atoms with E-state index in [9.17, 15) is 4.79 Å². The summed E-state index contributed by atoms with van der Waals surface area (Å²) in [5.41, 5.74) is 0. The van der Waals surface area contributed by atoms with Crippen molar-refractivity contribution in [1.82, 2.24) is 9.80 Å². The van der Waals surface area contributed by atoms with Crippen molar-refractivity contribution in [3.05, 3.63) is 12.2 Å². The van der Waals surface area contributed by atoms with Gasteiger partial charge in [-0.15, -0.1) is 0 Å². The minimum atomic E-state index is -0.148. The van der Waals surface area contributed by atoms with Gasteiger partial charge < -0.3 is 9.64 Å². The first-order valence-corrected chi connectivity index (χ1v) is 7.58. The van der Waals surface area contributed by atoms with Crippen molar-refractivity contribution in [2.45, 2.75) is 19.8 Å². The Morgan fingerprint density at radius 1 is 1.21 bits per heavy atom. The number of nitrogens with zero attached hydrogens (tertiary/aromatic N) is 2. The van der Waals surface area contributed by atoms with Crippen molar-refractivity contribution < 1.29 is 9.53 Å². The van der Waals surface area contributed by atoms with Gasteiger partial charge in [0.15, 0.2) is 0 Å². The first kappa shape index (κ1) is 13.0. The van der Waals surface area contributed by atoms with Crippen molar-refractivity contribution >= 4 is 6.09 Å². The van der Waals surface area contributed by atoms with Crippen LogP contribution in [-0.2, 0) is 4.74 Å². The molecule has 2 aliphatic carbocycles. The van der Waals surface area contributed by atoms with Gasteiger partial charge in [0, 0.05) is 32.7 Å². The summed E-state index contributed by atoms with van der Waals surface area (Å²) in [5, 5.41) is 0. The summed E-state index contributed by atoms with van der Waals surface area (Å²) in [5.74, 6) is 2.54. The van der Waals surface area contributed by atoms with E-state index in [0.29, 0.717) is 6.61 Å². The maximum Gasteiger partial charge on any atom is 0.409 e. The second kappa shape index (κ2) is 5.53. The largest absolute Gasteiger partial charge is 0.450 e. The Kier molecular flexibility index (Phi) is 3.78. The molecule has 106 valence electrons. The maximum absolute atomic E-state index is 11.6. The lowest BCUT2D eigenvalue weighted by molar-refractivity contribution is 0.0738. The fraction of sp³-hybridized carbons (Fsp3) is 0.800. The Morgan fingerprint density at radius 2 is 2.00 bits per heavy atom. The Balaban J connectivity index is 1.43. The summed E-state index contributed by atoms with van der Waals surface area (Å²) >= 11 is 0. The lowest BCUT2D eigenvalue weighted by Gasteiger charge is -2.36. The van der Waals surface area contributed by atoms with E-state index in [0.717, 1.165) is 43.9 Å². The van der Waals surface area contributed by atoms with E-state index in [4.69, 9.17) is 4.74 Å². The number of ether oxygens (including phenoxy) is 1. The number of allylic oxidation sites excluding steroid dienone is 2.